The van der Waals surface area contributed by atoms with Crippen LogP contribution >= 0.6 is 0 Å². The van der Waals surface area contributed by atoms with Crippen molar-refractivity contribution in [2.75, 3.05) is 20.1 Å². The molecule has 102 valence electrons. The fourth-order valence-electron chi connectivity index (χ4n) is 1.79. The summed E-state index contributed by atoms with van der Waals surface area (Å²) in [5, 5.41) is 0. The minimum absolute atomic E-state index is 0.862. The highest BCUT2D eigenvalue weighted by atomic mass is 16.1. The first-order valence-electron chi connectivity index (χ1n) is 6.66. The Morgan fingerprint density at radius 3 is 2.56 bits per heavy atom. The van der Waals surface area contributed by atoms with Crippen molar-refractivity contribution >= 4 is 6.29 Å². The topological polar surface area (TPSA) is 20.3 Å². The number of hydrogen-bond acceptors (Lipinski definition) is 2. The van der Waals surface area contributed by atoms with Gasteiger partial charge in [0.1, 0.15) is 6.29 Å². The molecule has 18 heavy (non-hydrogen) atoms. The van der Waals surface area contributed by atoms with Gasteiger partial charge in [-0.1, -0.05) is 23.3 Å². The SMILES string of the molecule is C=CCN(C)CCCC(C)=CCCC(C)=CC=O. The Labute approximate surface area is 112 Å². The number of likely N-dealkylation sites (N-methyl/N-ethyl adjacent to an activating group) is 1. The molecule has 0 atom stereocenters. The predicted octanol–water partition coefficient (Wildman–Crippen LogP) is 3.76. The third kappa shape index (κ3) is 10.0. The zero-order valence-electron chi connectivity index (χ0n) is 12.1. The molecule has 0 spiro atoms. The molecule has 0 aliphatic rings. The lowest BCUT2D eigenvalue weighted by atomic mass is 10.1. The average molecular weight is 249 g/mol. The molecule has 0 unspecified atom stereocenters. The molecule has 0 heterocycles. The van der Waals surface area contributed by atoms with Crippen LogP contribution in [0.25, 0.3) is 0 Å². The van der Waals surface area contributed by atoms with E-state index in [1.54, 1.807) is 6.08 Å². The summed E-state index contributed by atoms with van der Waals surface area (Å²) in [6, 6.07) is 0. The minimum atomic E-state index is 0.862. The van der Waals surface area contributed by atoms with Gasteiger partial charge in [0, 0.05) is 6.54 Å². The number of carbonyl (C=O) groups is 1. The van der Waals surface area contributed by atoms with E-state index in [0.29, 0.717) is 0 Å². The zero-order valence-corrected chi connectivity index (χ0v) is 12.1. The summed E-state index contributed by atoms with van der Waals surface area (Å²) in [6.07, 6.45) is 11.1. The summed E-state index contributed by atoms with van der Waals surface area (Å²) in [5.41, 5.74) is 2.60. The fourth-order valence-corrected chi connectivity index (χ4v) is 1.79. The van der Waals surface area contributed by atoms with Crippen LogP contribution in [-0.4, -0.2) is 31.3 Å². The molecule has 0 aromatic carbocycles. The molecule has 0 N–H and O–H groups in total. The van der Waals surface area contributed by atoms with Crippen molar-refractivity contribution in [3.05, 3.63) is 36.0 Å². The third-order valence-corrected chi connectivity index (χ3v) is 2.94. The first-order chi connectivity index (χ1) is 8.60. The molecule has 2 heteroatoms. The monoisotopic (exact) mass is 249 g/mol. The van der Waals surface area contributed by atoms with E-state index in [-0.39, 0.29) is 0 Å². The minimum Gasteiger partial charge on any atom is -0.303 e. The lowest BCUT2D eigenvalue weighted by Crippen LogP contribution is -2.19. The normalized spacial score (nSPS) is 12.9. The molecule has 0 bridgehead atoms. The van der Waals surface area contributed by atoms with Crippen LogP contribution in [-0.2, 0) is 4.79 Å². The second-order valence-corrected chi connectivity index (χ2v) is 4.89. The van der Waals surface area contributed by atoms with Gasteiger partial charge in [-0.15, -0.1) is 6.58 Å². The number of allylic oxidation sites excluding steroid dienone is 4. The van der Waals surface area contributed by atoms with Crippen LogP contribution in [0.1, 0.15) is 39.5 Å². The lowest BCUT2D eigenvalue weighted by Gasteiger charge is -2.13. The van der Waals surface area contributed by atoms with Gasteiger partial charge >= 0.3 is 0 Å². The maximum atomic E-state index is 10.3. The van der Waals surface area contributed by atoms with Crippen LogP contribution in [0.3, 0.4) is 0 Å². The summed E-state index contributed by atoms with van der Waals surface area (Å²) in [4.78, 5) is 12.5. The fraction of sp³-hybridized carbons (Fsp3) is 0.562. The van der Waals surface area contributed by atoms with Crippen molar-refractivity contribution in [1.29, 1.82) is 0 Å². The van der Waals surface area contributed by atoms with Gasteiger partial charge in [-0.3, -0.25) is 4.79 Å². The van der Waals surface area contributed by atoms with Gasteiger partial charge in [-0.2, -0.15) is 0 Å². The van der Waals surface area contributed by atoms with Crippen LogP contribution in [0.2, 0.25) is 0 Å². The number of aldehydes is 1. The van der Waals surface area contributed by atoms with Gasteiger partial charge < -0.3 is 4.90 Å². The van der Waals surface area contributed by atoms with Crippen molar-refractivity contribution in [3.8, 4) is 0 Å². The van der Waals surface area contributed by atoms with Gasteiger partial charge in [0.2, 0.25) is 0 Å². The van der Waals surface area contributed by atoms with E-state index >= 15 is 0 Å². The molecule has 0 aliphatic carbocycles. The largest absolute Gasteiger partial charge is 0.303 e. The molecule has 0 fully saturated rings. The summed E-state index contributed by atoms with van der Waals surface area (Å²) >= 11 is 0. The third-order valence-electron chi connectivity index (χ3n) is 2.94. The van der Waals surface area contributed by atoms with Crippen molar-refractivity contribution in [3.63, 3.8) is 0 Å². The number of nitrogens with zero attached hydrogens (tertiary/aromatic N) is 1. The smallest absolute Gasteiger partial charge is 0.142 e. The standard InChI is InChI=1S/C16H27NO/c1-5-12-17(4)13-7-10-15(2)8-6-9-16(3)11-14-18/h5,8,11,14H,1,6-7,9-10,12-13H2,2-4H3. The Kier molecular flexibility index (Phi) is 10.3. The molecule has 0 saturated carbocycles. The van der Waals surface area contributed by atoms with Gasteiger partial charge in [0.25, 0.3) is 0 Å². The molecule has 0 rings (SSSR count). The molecule has 0 aromatic rings. The highest BCUT2D eigenvalue weighted by Crippen LogP contribution is 2.10. The summed E-state index contributed by atoms with van der Waals surface area (Å²) in [6.45, 7) is 9.99. The molecule has 0 aromatic heterocycles. The predicted molar refractivity (Wildman–Crippen MR) is 79.7 cm³/mol. The maximum Gasteiger partial charge on any atom is 0.142 e. The molecule has 0 radical (unpaired) electrons. The highest BCUT2D eigenvalue weighted by Gasteiger charge is 1.96. The van der Waals surface area contributed by atoms with E-state index in [4.69, 9.17) is 0 Å². The Balaban J connectivity index is 3.74. The van der Waals surface area contributed by atoms with Crippen LogP contribution in [0.5, 0.6) is 0 Å². The first-order valence-corrected chi connectivity index (χ1v) is 6.66. The van der Waals surface area contributed by atoms with Gasteiger partial charge in [-0.05, 0) is 59.2 Å². The molecule has 2 nitrogen and oxygen atoms in total. The van der Waals surface area contributed by atoms with Gasteiger partial charge in [0.05, 0.1) is 0 Å². The zero-order chi connectivity index (χ0) is 13.8. The van der Waals surface area contributed by atoms with Gasteiger partial charge in [-0.25, -0.2) is 0 Å². The van der Waals surface area contributed by atoms with Crippen molar-refractivity contribution in [2.45, 2.75) is 39.5 Å². The van der Waals surface area contributed by atoms with E-state index in [1.165, 1.54) is 12.0 Å². The number of carbonyl (C=O) groups excluding carboxylic acids is 1. The van der Waals surface area contributed by atoms with E-state index in [9.17, 15) is 4.79 Å². The van der Waals surface area contributed by atoms with Gasteiger partial charge in [0.15, 0.2) is 0 Å². The summed E-state index contributed by atoms with van der Waals surface area (Å²) in [7, 11) is 2.12. The Bertz CT molecular complexity index is 302. The van der Waals surface area contributed by atoms with Crippen LogP contribution in [0.4, 0.5) is 0 Å². The molecule has 0 aliphatic heterocycles. The van der Waals surface area contributed by atoms with Crippen molar-refractivity contribution < 1.29 is 4.79 Å². The quantitative estimate of drug-likeness (QED) is 0.334. The second kappa shape index (κ2) is 11.0. The highest BCUT2D eigenvalue weighted by molar-refractivity contribution is 5.65. The number of rotatable bonds is 10. The first kappa shape index (κ1) is 16.9. The van der Waals surface area contributed by atoms with E-state index in [2.05, 4.69) is 31.5 Å². The lowest BCUT2D eigenvalue weighted by molar-refractivity contribution is -0.104. The van der Waals surface area contributed by atoms with Crippen LogP contribution in [0.15, 0.2) is 36.0 Å². The Hall–Kier alpha value is -1.15. The summed E-state index contributed by atoms with van der Waals surface area (Å²) < 4.78 is 0. The van der Waals surface area contributed by atoms with E-state index < -0.39 is 0 Å². The van der Waals surface area contributed by atoms with E-state index in [1.807, 2.05) is 13.0 Å². The van der Waals surface area contributed by atoms with E-state index in [0.717, 1.165) is 44.2 Å². The molecule has 0 saturated heterocycles. The number of hydrogen-bond donors (Lipinski definition) is 0. The van der Waals surface area contributed by atoms with Crippen molar-refractivity contribution in [1.82, 2.24) is 4.90 Å². The molecule has 0 amide bonds. The van der Waals surface area contributed by atoms with Crippen molar-refractivity contribution in [2.24, 2.45) is 0 Å². The summed E-state index contributed by atoms with van der Waals surface area (Å²) in [5.74, 6) is 0. The Morgan fingerprint density at radius 1 is 1.22 bits per heavy atom. The van der Waals surface area contributed by atoms with Crippen LogP contribution in [0, 0.1) is 0 Å². The molecular formula is C16H27NO. The van der Waals surface area contributed by atoms with Crippen LogP contribution < -0.4 is 0 Å². The average Bonchev–Trinajstić information content (AvgIpc) is 2.29. The molecular weight excluding hydrogens is 222 g/mol. The Morgan fingerprint density at radius 2 is 1.94 bits per heavy atom. The maximum absolute atomic E-state index is 10.3. The second-order valence-electron chi connectivity index (χ2n) is 4.89.